The van der Waals surface area contributed by atoms with Crippen molar-refractivity contribution in [2.75, 3.05) is 26.3 Å². The van der Waals surface area contributed by atoms with E-state index in [-0.39, 0.29) is 0 Å². The van der Waals surface area contributed by atoms with Crippen molar-refractivity contribution in [1.82, 2.24) is 4.90 Å². The third-order valence-electron chi connectivity index (χ3n) is 6.11. The molecule has 0 saturated heterocycles. The molecule has 5 nitrogen and oxygen atoms in total. The SMILES string of the molecule is CCCCCCCCCCCCCCCC(OCCC)(OCCC)N(CC(C)O)CC(C)O. The Morgan fingerprint density at radius 2 is 0.939 bits per heavy atom. The van der Waals surface area contributed by atoms with Gasteiger partial charge in [0.2, 0.25) is 5.91 Å². The Labute approximate surface area is 206 Å². The van der Waals surface area contributed by atoms with Crippen molar-refractivity contribution in [3.8, 4) is 0 Å². The Morgan fingerprint density at radius 1 is 0.576 bits per heavy atom. The molecule has 2 N–H and O–H groups in total. The van der Waals surface area contributed by atoms with Gasteiger partial charge in [0, 0.05) is 19.5 Å². The van der Waals surface area contributed by atoms with Crippen molar-refractivity contribution < 1.29 is 19.7 Å². The van der Waals surface area contributed by atoms with Gasteiger partial charge in [0.15, 0.2) is 0 Å². The summed E-state index contributed by atoms with van der Waals surface area (Å²) in [6, 6.07) is 0. The maximum absolute atomic E-state index is 10.1. The predicted molar refractivity (Wildman–Crippen MR) is 140 cm³/mol. The number of unbranched alkanes of at least 4 members (excludes halogenated alkanes) is 12. The van der Waals surface area contributed by atoms with Crippen molar-refractivity contribution in [2.24, 2.45) is 0 Å². The zero-order chi connectivity index (χ0) is 24.8. The van der Waals surface area contributed by atoms with Crippen LogP contribution in [0.1, 0.15) is 137 Å². The summed E-state index contributed by atoms with van der Waals surface area (Å²) in [5, 5.41) is 20.2. The van der Waals surface area contributed by atoms with Crippen LogP contribution in [0.25, 0.3) is 0 Å². The normalized spacial score (nSPS) is 14.2. The molecule has 200 valence electrons. The third kappa shape index (κ3) is 17.8. The second-order valence-corrected chi connectivity index (χ2v) is 10.0. The number of hydrogen-bond acceptors (Lipinski definition) is 5. The molecule has 0 spiro atoms. The van der Waals surface area contributed by atoms with Crippen LogP contribution in [-0.4, -0.2) is 59.5 Å². The summed E-state index contributed by atoms with van der Waals surface area (Å²) in [5.74, 6) is -0.863. The molecule has 0 aliphatic carbocycles. The van der Waals surface area contributed by atoms with Crippen molar-refractivity contribution in [2.45, 2.75) is 155 Å². The predicted octanol–water partition coefficient (Wildman–Crippen LogP) is 7.04. The van der Waals surface area contributed by atoms with Crippen LogP contribution in [0, 0.1) is 0 Å². The molecule has 0 aromatic rings. The highest BCUT2D eigenvalue weighted by Gasteiger charge is 2.39. The van der Waals surface area contributed by atoms with Crippen LogP contribution in [0.3, 0.4) is 0 Å². The van der Waals surface area contributed by atoms with Crippen molar-refractivity contribution in [1.29, 1.82) is 0 Å². The molecule has 0 heterocycles. The highest BCUT2D eigenvalue weighted by atomic mass is 16.7. The zero-order valence-corrected chi connectivity index (χ0v) is 23.0. The molecule has 5 heteroatoms. The van der Waals surface area contributed by atoms with Crippen LogP contribution in [0.15, 0.2) is 0 Å². The van der Waals surface area contributed by atoms with E-state index >= 15 is 0 Å². The lowest BCUT2D eigenvalue weighted by atomic mass is 10.0. The fraction of sp³-hybridized carbons (Fsp3) is 1.00. The quantitative estimate of drug-likeness (QED) is 0.110. The van der Waals surface area contributed by atoms with E-state index in [4.69, 9.17) is 9.47 Å². The molecule has 0 amide bonds. The summed E-state index contributed by atoms with van der Waals surface area (Å²) in [6.45, 7) is 12.1. The topological polar surface area (TPSA) is 62.2 Å². The molecule has 2 unspecified atom stereocenters. The molecule has 0 aliphatic heterocycles. The minimum absolute atomic E-state index is 0.427. The van der Waals surface area contributed by atoms with Gasteiger partial charge in [-0.15, -0.1) is 0 Å². The molecule has 0 saturated carbocycles. The lowest BCUT2D eigenvalue weighted by Crippen LogP contribution is -2.57. The Kier molecular flexibility index (Phi) is 22.1. The van der Waals surface area contributed by atoms with E-state index in [2.05, 4.69) is 20.8 Å². The molecule has 0 radical (unpaired) electrons. The van der Waals surface area contributed by atoms with Crippen molar-refractivity contribution >= 4 is 0 Å². The standard InChI is InChI=1S/C28H59NO4/c1-6-9-10-11-12-13-14-15-16-17-18-19-20-21-28(32-22-7-2,33-23-8-3)29(24-26(4)30)25-27(5)31/h26-27,30-31H,6-25H2,1-5H3. The maximum atomic E-state index is 10.1. The first-order valence-corrected chi connectivity index (χ1v) is 14.3. The molecule has 0 aromatic heterocycles. The number of nitrogens with zero attached hydrogens (tertiary/aromatic N) is 1. The number of aliphatic hydroxyl groups is 2. The summed E-state index contributed by atoms with van der Waals surface area (Å²) in [7, 11) is 0. The number of aliphatic hydroxyl groups excluding tert-OH is 2. The average molecular weight is 474 g/mol. The van der Waals surface area contributed by atoms with Gasteiger partial charge in [-0.2, -0.15) is 0 Å². The van der Waals surface area contributed by atoms with Gasteiger partial charge >= 0.3 is 0 Å². The summed E-state index contributed by atoms with van der Waals surface area (Å²) in [5.41, 5.74) is 0. The molecular formula is C28H59NO4. The fourth-order valence-electron chi connectivity index (χ4n) is 4.41. The maximum Gasteiger partial charge on any atom is 0.230 e. The highest BCUT2D eigenvalue weighted by molar-refractivity contribution is 4.77. The Hall–Kier alpha value is -0.200. The van der Waals surface area contributed by atoms with E-state index in [1.54, 1.807) is 13.8 Å². The first kappa shape index (κ1) is 32.8. The molecule has 0 aliphatic rings. The second-order valence-electron chi connectivity index (χ2n) is 10.0. The van der Waals surface area contributed by atoms with Gasteiger partial charge < -0.3 is 19.7 Å². The lowest BCUT2D eigenvalue weighted by Gasteiger charge is -2.44. The smallest absolute Gasteiger partial charge is 0.230 e. The van der Waals surface area contributed by atoms with Crippen molar-refractivity contribution in [3.63, 3.8) is 0 Å². The first-order valence-electron chi connectivity index (χ1n) is 14.3. The Bertz CT molecular complexity index is 385. The second kappa shape index (κ2) is 22.3. The van der Waals surface area contributed by atoms with Gasteiger partial charge in [0.1, 0.15) is 0 Å². The van der Waals surface area contributed by atoms with Gasteiger partial charge in [0.25, 0.3) is 0 Å². The van der Waals surface area contributed by atoms with Gasteiger partial charge in [-0.3, -0.25) is 0 Å². The van der Waals surface area contributed by atoms with E-state index in [1.807, 2.05) is 4.90 Å². The summed E-state index contributed by atoms with van der Waals surface area (Å²) >= 11 is 0. The molecule has 0 rings (SSSR count). The average Bonchev–Trinajstić information content (AvgIpc) is 2.77. The van der Waals surface area contributed by atoms with Gasteiger partial charge in [-0.05, 0) is 33.1 Å². The molecule has 0 aromatic carbocycles. The van der Waals surface area contributed by atoms with Crippen LogP contribution >= 0.6 is 0 Å². The van der Waals surface area contributed by atoms with E-state index in [9.17, 15) is 10.2 Å². The molecule has 0 fully saturated rings. The minimum Gasteiger partial charge on any atom is -0.392 e. The van der Waals surface area contributed by atoms with E-state index < -0.39 is 18.1 Å². The van der Waals surface area contributed by atoms with Crippen LogP contribution < -0.4 is 0 Å². The lowest BCUT2D eigenvalue weighted by molar-refractivity contribution is -0.328. The highest BCUT2D eigenvalue weighted by Crippen LogP contribution is 2.28. The monoisotopic (exact) mass is 473 g/mol. The fourth-order valence-corrected chi connectivity index (χ4v) is 4.41. The minimum atomic E-state index is -0.863. The van der Waals surface area contributed by atoms with E-state index in [1.165, 1.54) is 77.0 Å². The number of ether oxygens (including phenoxy) is 2. The molecular weight excluding hydrogens is 414 g/mol. The molecule has 33 heavy (non-hydrogen) atoms. The number of hydrogen-bond donors (Lipinski definition) is 2. The largest absolute Gasteiger partial charge is 0.392 e. The first-order chi connectivity index (χ1) is 15.9. The van der Waals surface area contributed by atoms with Crippen LogP contribution in [0.2, 0.25) is 0 Å². The Balaban J connectivity index is 4.53. The van der Waals surface area contributed by atoms with Crippen LogP contribution in [0.5, 0.6) is 0 Å². The van der Waals surface area contributed by atoms with Gasteiger partial charge in [0.05, 0.1) is 25.4 Å². The summed E-state index contributed by atoms with van der Waals surface area (Å²) in [4.78, 5) is 2.02. The van der Waals surface area contributed by atoms with E-state index in [0.29, 0.717) is 26.3 Å². The van der Waals surface area contributed by atoms with Crippen LogP contribution in [0.4, 0.5) is 0 Å². The third-order valence-corrected chi connectivity index (χ3v) is 6.11. The summed E-state index contributed by atoms with van der Waals surface area (Å²) in [6.07, 6.45) is 18.8. The molecule has 2 atom stereocenters. The van der Waals surface area contributed by atoms with Gasteiger partial charge in [-0.1, -0.05) is 97.8 Å². The Morgan fingerprint density at radius 3 is 1.27 bits per heavy atom. The van der Waals surface area contributed by atoms with Gasteiger partial charge in [-0.25, -0.2) is 4.90 Å². The van der Waals surface area contributed by atoms with Crippen LogP contribution in [-0.2, 0) is 9.47 Å². The zero-order valence-electron chi connectivity index (χ0n) is 23.0. The number of rotatable bonds is 25. The van der Waals surface area contributed by atoms with E-state index in [0.717, 1.165) is 25.7 Å². The molecule has 0 bridgehead atoms. The summed E-state index contributed by atoms with van der Waals surface area (Å²) < 4.78 is 12.7. The van der Waals surface area contributed by atoms with Crippen molar-refractivity contribution in [3.05, 3.63) is 0 Å².